The zero-order valence-corrected chi connectivity index (χ0v) is 15.6. The Morgan fingerprint density at radius 1 is 1.31 bits per heavy atom. The standard InChI is InChI=1S/C18H24N2O5S/c1-19-26(24,25)15-7-4-13(5-8-15)6-9-16(21)20-11-14-3-2-10-18(14,12-20)17(22)23/h4-5,7-8,14,19H,2-3,6,9-12H2,1H3,(H,22,23)/t14-,18+/m0/s1. The average molecular weight is 380 g/mol. The molecule has 0 unspecified atom stereocenters. The van der Waals surface area contributed by atoms with Crippen molar-refractivity contribution in [2.45, 2.75) is 37.0 Å². The molecule has 2 fully saturated rings. The number of hydrogen-bond acceptors (Lipinski definition) is 4. The highest BCUT2D eigenvalue weighted by Gasteiger charge is 2.55. The number of carboxylic acid groups (broad SMARTS) is 1. The van der Waals surface area contributed by atoms with Crippen molar-refractivity contribution >= 4 is 21.9 Å². The molecule has 1 amide bonds. The Bertz CT molecular complexity index is 805. The minimum Gasteiger partial charge on any atom is -0.481 e. The fourth-order valence-electron chi connectivity index (χ4n) is 4.19. The van der Waals surface area contributed by atoms with Gasteiger partial charge >= 0.3 is 5.97 Å². The number of amides is 1. The highest BCUT2D eigenvalue weighted by Crippen LogP contribution is 2.48. The Labute approximate surface area is 153 Å². The first-order valence-electron chi connectivity index (χ1n) is 8.82. The second-order valence-electron chi connectivity index (χ2n) is 7.18. The lowest BCUT2D eigenvalue weighted by Crippen LogP contribution is -2.37. The van der Waals surface area contributed by atoms with E-state index < -0.39 is 21.4 Å². The summed E-state index contributed by atoms with van der Waals surface area (Å²) < 4.78 is 25.7. The van der Waals surface area contributed by atoms with Crippen molar-refractivity contribution in [3.63, 3.8) is 0 Å². The first-order valence-corrected chi connectivity index (χ1v) is 10.3. The maximum absolute atomic E-state index is 12.5. The highest BCUT2D eigenvalue weighted by atomic mass is 32.2. The van der Waals surface area contributed by atoms with Crippen molar-refractivity contribution in [2.24, 2.45) is 11.3 Å². The Morgan fingerprint density at radius 3 is 2.58 bits per heavy atom. The predicted octanol–water partition coefficient (Wildman–Crippen LogP) is 1.24. The van der Waals surface area contributed by atoms with Gasteiger partial charge in [-0.3, -0.25) is 9.59 Å². The van der Waals surface area contributed by atoms with E-state index in [1.54, 1.807) is 17.0 Å². The second-order valence-corrected chi connectivity index (χ2v) is 9.06. The van der Waals surface area contributed by atoms with E-state index in [4.69, 9.17) is 0 Å². The van der Waals surface area contributed by atoms with Gasteiger partial charge < -0.3 is 10.0 Å². The minimum atomic E-state index is -3.46. The molecule has 2 N–H and O–H groups in total. The monoisotopic (exact) mass is 380 g/mol. The van der Waals surface area contributed by atoms with E-state index in [-0.39, 0.29) is 16.7 Å². The largest absolute Gasteiger partial charge is 0.481 e. The number of aliphatic carboxylic acids is 1. The number of likely N-dealkylation sites (tertiary alicyclic amines) is 1. The van der Waals surface area contributed by atoms with E-state index in [0.717, 1.165) is 18.4 Å². The molecule has 0 aromatic heterocycles. The number of carboxylic acids is 1. The Morgan fingerprint density at radius 2 is 2.00 bits per heavy atom. The molecule has 0 spiro atoms. The Balaban J connectivity index is 1.59. The molecule has 2 aliphatic rings. The van der Waals surface area contributed by atoms with Crippen LogP contribution in [0.4, 0.5) is 0 Å². The number of rotatable bonds is 6. The third kappa shape index (κ3) is 3.35. The number of hydrogen-bond donors (Lipinski definition) is 2. The number of nitrogens with one attached hydrogen (secondary N) is 1. The van der Waals surface area contributed by atoms with Crippen molar-refractivity contribution in [3.05, 3.63) is 29.8 Å². The SMILES string of the molecule is CNS(=O)(=O)c1ccc(CCC(=O)N2C[C@@H]3CCC[C@@]3(C(=O)O)C2)cc1. The van der Waals surface area contributed by atoms with Crippen molar-refractivity contribution in [1.82, 2.24) is 9.62 Å². The summed E-state index contributed by atoms with van der Waals surface area (Å²) in [6.45, 7) is 0.843. The Kier molecular flexibility index (Phi) is 5.07. The lowest BCUT2D eigenvalue weighted by Gasteiger charge is -2.23. The molecule has 1 saturated carbocycles. The van der Waals surface area contributed by atoms with E-state index in [1.807, 2.05) is 0 Å². The van der Waals surface area contributed by atoms with Crippen LogP contribution in [0.5, 0.6) is 0 Å². The third-order valence-corrected chi connectivity index (χ3v) is 7.21. The molecule has 7 nitrogen and oxygen atoms in total. The molecule has 2 atom stereocenters. The van der Waals surface area contributed by atoms with Crippen molar-refractivity contribution in [1.29, 1.82) is 0 Å². The van der Waals surface area contributed by atoms with Gasteiger partial charge in [0.2, 0.25) is 15.9 Å². The minimum absolute atomic E-state index is 0.0352. The maximum Gasteiger partial charge on any atom is 0.311 e. The lowest BCUT2D eigenvalue weighted by molar-refractivity contribution is -0.149. The summed E-state index contributed by atoms with van der Waals surface area (Å²) in [7, 11) is -2.11. The quantitative estimate of drug-likeness (QED) is 0.773. The van der Waals surface area contributed by atoms with Crippen molar-refractivity contribution in [2.75, 3.05) is 20.1 Å². The zero-order valence-electron chi connectivity index (χ0n) is 14.8. The topological polar surface area (TPSA) is 104 Å². The van der Waals surface area contributed by atoms with Gasteiger partial charge in [0, 0.05) is 19.5 Å². The van der Waals surface area contributed by atoms with Crippen LogP contribution in [0.2, 0.25) is 0 Å². The average Bonchev–Trinajstić information content (AvgIpc) is 3.18. The van der Waals surface area contributed by atoms with Gasteiger partial charge in [-0.05, 0) is 49.9 Å². The van der Waals surface area contributed by atoms with Gasteiger partial charge in [-0.15, -0.1) is 0 Å². The van der Waals surface area contributed by atoms with Crippen molar-refractivity contribution in [3.8, 4) is 0 Å². The molecule has 1 saturated heterocycles. The second kappa shape index (κ2) is 7.00. The fraction of sp³-hybridized carbons (Fsp3) is 0.556. The summed E-state index contributed by atoms with van der Waals surface area (Å²) in [5, 5.41) is 9.60. The normalized spacial score (nSPS) is 25.3. The summed E-state index contributed by atoms with van der Waals surface area (Å²) in [6.07, 6.45) is 3.23. The first kappa shape index (κ1) is 18.8. The summed E-state index contributed by atoms with van der Waals surface area (Å²) in [6, 6.07) is 6.44. The van der Waals surface area contributed by atoms with Crippen molar-refractivity contribution < 1.29 is 23.1 Å². The molecule has 1 aromatic carbocycles. The number of fused-ring (bicyclic) bond motifs is 1. The predicted molar refractivity (Wildman–Crippen MR) is 95.0 cm³/mol. The molecule has 1 aliphatic carbocycles. The lowest BCUT2D eigenvalue weighted by atomic mass is 9.81. The molecule has 1 heterocycles. The fourth-order valence-corrected chi connectivity index (χ4v) is 4.92. The molecule has 142 valence electrons. The van der Waals surface area contributed by atoms with E-state index in [1.165, 1.54) is 19.2 Å². The Hall–Kier alpha value is -1.93. The molecule has 1 aromatic rings. The van der Waals surface area contributed by atoms with Gasteiger partial charge in [0.25, 0.3) is 0 Å². The van der Waals surface area contributed by atoms with Crippen LogP contribution in [-0.4, -0.2) is 50.4 Å². The summed E-state index contributed by atoms with van der Waals surface area (Å²) in [5.74, 6) is -0.751. The number of sulfonamides is 1. The number of benzene rings is 1. The maximum atomic E-state index is 12.5. The van der Waals surface area contributed by atoms with Crippen LogP contribution in [0, 0.1) is 11.3 Å². The van der Waals surface area contributed by atoms with Crippen LogP contribution in [0.3, 0.4) is 0 Å². The zero-order chi connectivity index (χ0) is 18.9. The highest BCUT2D eigenvalue weighted by molar-refractivity contribution is 7.89. The number of carbonyl (C=O) groups excluding carboxylic acids is 1. The van der Waals surface area contributed by atoms with E-state index in [9.17, 15) is 23.1 Å². The molecule has 0 bridgehead atoms. The van der Waals surface area contributed by atoms with E-state index in [2.05, 4.69) is 4.72 Å². The molecule has 1 aliphatic heterocycles. The summed E-state index contributed by atoms with van der Waals surface area (Å²) in [5.41, 5.74) is 0.125. The van der Waals surface area contributed by atoms with Crippen LogP contribution >= 0.6 is 0 Å². The third-order valence-electron chi connectivity index (χ3n) is 5.78. The molecular formula is C18H24N2O5S. The molecule has 3 rings (SSSR count). The van der Waals surface area contributed by atoms with Crippen LogP contribution in [0.15, 0.2) is 29.2 Å². The van der Waals surface area contributed by atoms with E-state index in [0.29, 0.717) is 32.4 Å². The summed E-state index contributed by atoms with van der Waals surface area (Å²) >= 11 is 0. The number of carbonyl (C=O) groups is 2. The summed E-state index contributed by atoms with van der Waals surface area (Å²) in [4.78, 5) is 26.1. The van der Waals surface area contributed by atoms with Crippen LogP contribution in [0.1, 0.15) is 31.2 Å². The van der Waals surface area contributed by atoms with Crippen LogP contribution < -0.4 is 4.72 Å². The van der Waals surface area contributed by atoms with Crippen LogP contribution in [-0.2, 0) is 26.0 Å². The molecule has 8 heteroatoms. The van der Waals surface area contributed by atoms with Gasteiger partial charge in [0.15, 0.2) is 0 Å². The molecule has 26 heavy (non-hydrogen) atoms. The van der Waals surface area contributed by atoms with Gasteiger partial charge in [0.1, 0.15) is 0 Å². The molecule has 0 radical (unpaired) electrons. The van der Waals surface area contributed by atoms with Gasteiger partial charge in [0.05, 0.1) is 10.3 Å². The first-order chi connectivity index (χ1) is 12.3. The van der Waals surface area contributed by atoms with Gasteiger partial charge in [-0.2, -0.15) is 0 Å². The van der Waals surface area contributed by atoms with Crippen LogP contribution in [0.25, 0.3) is 0 Å². The molecular weight excluding hydrogens is 356 g/mol. The van der Waals surface area contributed by atoms with Gasteiger partial charge in [-0.1, -0.05) is 18.6 Å². The number of nitrogens with zero attached hydrogens (tertiary/aromatic N) is 1. The van der Waals surface area contributed by atoms with Gasteiger partial charge in [-0.25, -0.2) is 13.1 Å². The smallest absolute Gasteiger partial charge is 0.311 e. The van der Waals surface area contributed by atoms with E-state index >= 15 is 0 Å². The number of aryl methyl sites for hydroxylation is 1.